The van der Waals surface area contributed by atoms with Crippen LogP contribution in [0.4, 0.5) is 10.6 Å². The smallest absolute Gasteiger partial charge is 0.320 e. The highest BCUT2D eigenvalue weighted by molar-refractivity contribution is 5.88. The topological polar surface area (TPSA) is 79.2 Å². The van der Waals surface area contributed by atoms with Crippen LogP contribution in [0, 0.1) is 5.92 Å². The first-order valence-electron chi connectivity index (χ1n) is 6.79. The standard InChI is InChI=1S/C13H24N4O2/c1-4-10(6-7-18)9-14-13(19)15-12-8-11(5-2)16-17(12)3/h8,10,18H,4-7,9H2,1-3H3,(H2,14,15,19). The number of anilines is 1. The molecule has 1 aromatic rings. The maximum Gasteiger partial charge on any atom is 0.320 e. The zero-order valence-electron chi connectivity index (χ0n) is 11.9. The molecule has 0 bridgehead atoms. The van der Waals surface area contributed by atoms with Crippen molar-refractivity contribution in [1.82, 2.24) is 15.1 Å². The number of carbonyl (C=O) groups excluding carboxylic acids is 1. The highest BCUT2D eigenvalue weighted by Gasteiger charge is 2.10. The van der Waals surface area contributed by atoms with Crippen LogP contribution in [0.1, 0.15) is 32.4 Å². The third kappa shape index (κ3) is 4.90. The summed E-state index contributed by atoms with van der Waals surface area (Å²) in [6, 6.07) is 1.63. The van der Waals surface area contributed by atoms with Crippen LogP contribution in [0.15, 0.2) is 6.07 Å². The van der Waals surface area contributed by atoms with Crippen LogP contribution in [0.25, 0.3) is 0 Å². The fraction of sp³-hybridized carbons (Fsp3) is 0.692. The van der Waals surface area contributed by atoms with Crippen LogP contribution in [0.3, 0.4) is 0 Å². The summed E-state index contributed by atoms with van der Waals surface area (Å²) in [5.41, 5.74) is 0.949. The number of aliphatic hydroxyl groups is 1. The molecule has 0 radical (unpaired) electrons. The molecule has 6 nitrogen and oxygen atoms in total. The summed E-state index contributed by atoms with van der Waals surface area (Å²) in [6.45, 7) is 4.80. The maximum atomic E-state index is 11.8. The first kappa shape index (κ1) is 15.5. The van der Waals surface area contributed by atoms with E-state index >= 15 is 0 Å². The van der Waals surface area contributed by atoms with Gasteiger partial charge in [-0.1, -0.05) is 20.3 Å². The lowest BCUT2D eigenvalue weighted by Crippen LogP contribution is -2.33. The maximum absolute atomic E-state index is 11.8. The van der Waals surface area contributed by atoms with Crippen molar-refractivity contribution in [1.29, 1.82) is 0 Å². The number of hydrogen-bond acceptors (Lipinski definition) is 3. The van der Waals surface area contributed by atoms with Gasteiger partial charge in [0.25, 0.3) is 0 Å². The Kier molecular flexibility index (Phi) is 6.35. The number of carbonyl (C=O) groups is 1. The van der Waals surface area contributed by atoms with Crippen molar-refractivity contribution in [3.63, 3.8) is 0 Å². The SMILES string of the molecule is CCc1cc(NC(=O)NCC(CC)CCO)n(C)n1. The highest BCUT2D eigenvalue weighted by atomic mass is 16.3. The molecule has 1 unspecified atom stereocenters. The largest absolute Gasteiger partial charge is 0.396 e. The van der Waals surface area contributed by atoms with E-state index in [2.05, 4.69) is 22.7 Å². The Morgan fingerprint density at radius 1 is 1.53 bits per heavy atom. The van der Waals surface area contributed by atoms with Crippen molar-refractivity contribution < 1.29 is 9.90 Å². The molecule has 0 fully saturated rings. The lowest BCUT2D eigenvalue weighted by molar-refractivity contribution is 0.238. The van der Waals surface area contributed by atoms with Gasteiger partial charge in [0.2, 0.25) is 0 Å². The summed E-state index contributed by atoms with van der Waals surface area (Å²) < 4.78 is 1.66. The summed E-state index contributed by atoms with van der Waals surface area (Å²) in [4.78, 5) is 11.8. The number of nitrogens with one attached hydrogen (secondary N) is 2. The van der Waals surface area contributed by atoms with Gasteiger partial charge in [0.15, 0.2) is 0 Å². The van der Waals surface area contributed by atoms with Gasteiger partial charge in [-0.25, -0.2) is 4.79 Å². The van der Waals surface area contributed by atoms with Gasteiger partial charge in [-0.2, -0.15) is 5.10 Å². The van der Waals surface area contributed by atoms with E-state index in [0.717, 1.165) is 18.5 Å². The number of nitrogens with zero attached hydrogens (tertiary/aromatic N) is 2. The van der Waals surface area contributed by atoms with E-state index in [1.165, 1.54) is 0 Å². The highest BCUT2D eigenvalue weighted by Crippen LogP contribution is 2.10. The third-order valence-electron chi connectivity index (χ3n) is 3.20. The lowest BCUT2D eigenvalue weighted by Gasteiger charge is -2.14. The van der Waals surface area contributed by atoms with E-state index < -0.39 is 0 Å². The van der Waals surface area contributed by atoms with E-state index in [4.69, 9.17) is 5.11 Å². The van der Waals surface area contributed by atoms with Gasteiger partial charge in [-0.3, -0.25) is 10.00 Å². The van der Waals surface area contributed by atoms with Gasteiger partial charge in [0.1, 0.15) is 5.82 Å². The molecule has 0 saturated carbocycles. The molecule has 3 N–H and O–H groups in total. The zero-order valence-corrected chi connectivity index (χ0v) is 11.9. The Hall–Kier alpha value is -1.56. The molecule has 0 aromatic carbocycles. The van der Waals surface area contributed by atoms with E-state index in [-0.39, 0.29) is 12.6 Å². The Balaban J connectivity index is 2.44. The monoisotopic (exact) mass is 268 g/mol. The van der Waals surface area contributed by atoms with Crippen molar-refractivity contribution in [2.24, 2.45) is 13.0 Å². The van der Waals surface area contributed by atoms with E-state index in [0.29, 0.717) is 24.7 Å². The molecule has 6 heteroatoms. The number of aliphatic hydroxyl groups excluding tert-OH is 1. The van der Waals surface area contributed by atoms with Crippen LogP contribution in [0.5, 0.6) is 0 Å². The van der Waals surface area contributed by atoms with E-state index in [1.807, 2.05) is 13.0 Å². The predicted molar refractivity (Wildman–Crippen MR) is 75.1 cm³/mol. The molecule has 1 rings (SSSR count). The average Bonchev–Trinajstić information content (AvgIpc) is 2.75. The molecule has 1 heterocycles. The van der Waals surface area contributed by atoms with Crippen LogP contribution in [-0.2, 0) is 13.5 Å². The normalized spacial score (nSPS) is 12.2. The molecule has 1 aromatic heterocycles. The van der Waals surface area contributed by atoms with Crippen molar-refractivity contribution >= 4 is 11.8 Å². The molecule has 0 aliphatic heterocycles. The molecule has 19 heavy (non-hydrogen) atoms. The second-order valence-corrected chi connectivity index (χ2v) is 4.62. The van der Waals surface area contributed by atoms with Crippen molar-refractivity contribution in [3.8, 4) is 0 Å². The Bertz CT molecular complexity index is 403. The van der Waals surface area contributed by atoms with E-state index in [1.54, 1.807) is 11.7 Å². The first-order chi connectivity index (χ1) is 9.10. The van der Waals surface area contributed by atoms with Gasteiger partial charge in [0.05, 0.1) is 5.69 Å². The molecular formula is C13H24N4O2. The van der Waals surface area contributed by atoms with Crippen molar-refractivity contribution in [3.05, 3.63) is 11.8 Å². The Morgan fingerprint density at radius 3 is 2.79 bits per heavy atom. The average molecular weight is 268 g/mol. The minimum atomic E-state index is -0.234. The molecule has 1 atom stereocenters. The number of rotatable bonds is 7. The first-order valence-corrected chi connectivity index (χ1v) is 6.79. The number of aryl methyl sites for hydroxylation is 2. The van der Waals surface area contributed by atoms with Crippen molar-refractivity contribution in [2.45, 2.75) is 33.1 Å². The number of urea groups is 1. The second-order valence-electron chi connectivity index (χ2n) is 4.62. The fourth-order valence-corrected chi connectivity index (χ4v) is 1.85. The van der Waals surface area contributed by atoms with Crippen LogP contribution >= 0.6 is 0 Å². The minimum absolute atomic E-state index is 0.156. The van der Waals surface area contributed by atoms with Gasteiger partial charge >= 0.3 is 6.03 Å². The Morgan fingerprint density at radius 2 is 2.26 bits per heavy atom. The molecular weight excluding hydrogens is 244 g/mol. The second kappa shape index (κ2) is 7.78. The molecule has 108 valence electrons. The molecule has 0 aliphatic rings. The van der Waals surface area contributed by atoms with Crippen LogP contribution < -0.4 is 10.6 Å². The lowest BCUT2D eigenvalue weighted by atomic mass is 10.0. The quantitative estimate of drug-likeness (QED) is 0.701. The van der Waals surface area contributed by atoms with Gasteiger partial charge in [-0.05, 0) is 18.8 Å². The van der Waals surface area contributed by atoms with Gasteiger partial charge < -0.3 is 10.4 Å². The minimum Gasteiger partial charge on any atom is -0.396 e. The fourth-order valence-electron chi connectivity index (χ4n) is 1.85. The summed E-state index contributed by atoms with van der Waals surface area (Å²) in [7, 11) is 1.80. The molecule has 0 spiro atoms. The van der Waals surface area contributed by atoms with E-state index in [9.17, 15) is 4.79 Å². The van der Waals surface area contributed by atoms with Crippen LogP contribution in [0.2, 0.25) is 0 Å². The molecule has 2 amide bonds. The summed E-state index contributed by atoms with van der Waals surface area (Å²) in [5.74, 6) is 0.998. The zero-order chi connectivity index (χ0) is 14.3. The van der Waals surface area contributed by atoms with Crippen LogP contribution in [-0.4, -0.2) is 34.1 Å². The molecule has 0 saturated heterocycles. The van der Waals surface area contributed by atoms with Gasteiger partial charge in [-0.15, -0.1) is 0 Å². The predicted octanol–water partition coefficient (Wildman–Crippen LogP) is 1.51. The van der Waals surface area contributed by atoms with Crippen molar-refractivity contribution in [2.75, 3.05) is 18.5 Å². The summed E-state index contributed by atoms with van der Waals surface area (Å²) >= 11 is 0. The number of amides is 2. The molecule has 0 aliphatic carbocycles. The summed E-state index contributed by atoms with van der Waals surface area (Å²) in [6.07, 6.45) is 2.49. The third-order valence-corrected chi connectivity index (χ3v) is 3.20. The number of aromatic nitrogens is 2. The summed E-state index contributed by atoms with van der Waals surface area (Å²) in [5, 5.41) is 18.8. The Labute approximate surface area is 114 Å². The number of hydrogen-bond donors (Lipinski definition) is 3. The van der Waals surface area contributed by atoms with Gasteiger partial charge in [0, 0.05) is 26.3 Å².